The largest absolute Gasteiger partial charge is 0.508 e. The van der Waals surface area contributed by atoms with Gasteiger partial charge in [0.1, 0.15) is 29.7 Å². The maximum Gasteiger partial charge on any atom is 0.320 e. The number of ether oxygens (including phenoxy) is 1. The van der Waals surface area contributed by atoms with Crippen molar-refractivity contribution in [2.75, 3.05) is 37.7 Å². The van der Waals surface area contributed by atoms with Gasteiger partial charge in [-0.1, -0.05) is 25.8 Å². The monoisotopic (exact) mass is 592 g/mol. The maximum atomic E-state index is 15.0. The highest BCUT2D eigenvalue weighted by Gasteiger charge is 2.49. The molecule has 7 rings (SSSR count). The van der Waals surface area contributed by atoms with Crippen LogP contribution < -0.4 is 15.2 Å². The van der Waals surface area contributed by atoms with Crippen LogP contribution in [0, 0.1) is 5.82 Å². The van der Waals surface area contributed by atoms with E-state index < -0.39 is 6.17 Å². The molecule has 11 heteroatoms. The molecule has 0 unspecified atom stereocenters. The van der Waals surface area contributed by atoms with Crippen LogP contribution in [-0.2, 0) is 13.5 Å². The minimum Gasteiger partial charge on any atom is -0.508 e. The first-order valence-electron chi connectivity index (χ1n) is 15.5. The summed E-state index contributed by atoms with van der Waals surface area (Å²) in [6, 6.07) is 6.24. The zero-order chi connectivity index (χ0) is 29.9. The highest BCUT2D eigenvalue weighted by Crippen LogP contribution is 2.40. The van der Waals surface area contributed by atoms with Gasteiger partial charge in [0.25, 0.3) is 5.56 Å². The number of anilines is 1. The molecule has 9 nitrogen and oxygen atoms in total. The number of alkyl halides is 1. The third-order valence-corrected chi connectivity index (χ3v) is 9.71. The van der Waals surface area contributed by atoms with E-state index in [0.717, 1.165) is 58.2 Å². The van der Waals surface area contributed by atoms with Crippen molar-refractivity contribution in [2.24, 2.45) is 7.05 Å². The van der Waals surface area contributed by atoms with Crippen LogP contribution in [0.5, 0.6) is 11.8 Å². The Balaban J connectivity index is 1.41. The number of halogens is 2. The zero-order valence-electron chi connectivity index (χ0n) is 24.8. The first kappa shape index (κ1) is 28.1. The molecule has 43 heavy (non-hydrogen) atoms. The van der Waals surface area contributed by atoms with Gasteiger partial charge in [-0.2, -0.15) is 9.97 Å². The Labute approximate surface area is 248 Å². The molecule has 1 N–H and O–H groups in total. The van der Waals surface area contributed by atoms with E-state index in [1.807, 2.05) is 6.92 Å². The Kier molecular flexibility index (Phi) is 7.03. The number of phenolic OH excluding ortho intramolecular Hbond substituents is 1. The molecule has 3 aliphatic heterocycles. The second kappa shape index (κ2) is 10.8. The molecule has 2 aromatic carbocycles. The van der Waals surface area contributed by atoms with Gasteiger partial charge in [-0.15, -0.1) is 0 Å². The second-order valence-electron chi connectivity index (χ2n) is 12.4. The van der Waals surface area contributed by atoms with Crippen LogP contribution in [0.2, 0.25) is 0 Å². The van der Waals surface area contributed by atoms with Gasteiger partial charge in [0, 0.05) is 44.6 Å². The third kappa shape index (κ3) is 4.63. The standard InChI is InChI=1S/C32H38F2N6O3/c1-3-23-24(34)10-9-20-15-22(41)16-25(26(20)23)40-30(42)27-28(37(40)2)35-31(36-29(27)38-12-6-4-5-7-13-38)43-19-32-11-8-14-39(32)18-21(33)17-32/h9-10,15-16,21,41H,3-8,11-14,17-19H2,1-2H3/t21-,32+/m1/s1. The SMILES string of the molecule is CCc1c(F)ccc2cc(O)cc(-n3c(=O)c4c(N5CCCCCC5)nc(OC[C@@]56CCCN5C[C@H](F)C6)nc4n3C)c12. The molecule has 2 atom stereocenters. The number of fused-ring (bicyclic) bond motifs is 3. The van der Waals surface area contributed by atoms with Crippen LogP contribution >= 0.6 is 0 Å². The fourth-order valence-corrected chi connectivity index (χ4v) is 7.66. The average Bonchev–Trinajstić information content (AvgIpc) is 3.48. The molecule has 228 valence electrons. The third-order valence-electron chi connectivity index (χ3n) is 9.71. The summed E-state index contributed by atoms with van der Waals surface area (Å²) in [7, 11) is 1.73. The summed E-state index contributed by atoms with van der Waals surface area (Å²) < 4.78 is 38.8. The van der Waals surface area contributed by atoms with Gasteiger partial charge < -0.3 is 14.7 Å². The Bertz CT molecular complexity index is 1760. The number of aromatic hydroxyl groups is 1. The van der Waals surface area contributed by atoms with Crippen molar-refractivity contribution >= 4 is 27.6 Å². The van der Waals surface area contributed by atoms with Crippen molar-refractivity contribution in [2.45, 2.75) is 70.0 Å². The van der Waals surface area contributed by atoms with Crippen LogP contribution in [0.4, 0.5) is 14.6 Å². The molecule has 5 heterocycles. The van der Waals surface area contributed by atoms with Crippen molar-refractivity contribution in [3.63, 3.8) is 0 Å². The van der Waals surface area contributed by atoms with Gasteiger partial charge in [-0.3, -0.25) is 14.4 Å². The predicted molar refractivity (Wildman–Crippen MR) is 162 cm³/mol. The summed E-state index contributed by atoms with van der Waals surface area (Å²) in [5, 5.41) is 12.2. The average molecular weight is 593 g/mol. The number of aryl methyl sites for hydroxylation is 2. The lowest BCUT2D eigenvalue weighted by Gasteiger charge is -2.31. The fourth-order valence-electron chi connectivity index (χ4n) is 7.66. The number of rotatable bonds is 6. The summed E-state index contributed by atoms with van der Waals surface area (Å²) in [4.78, 5) is 28.3. The van der Waals surface area contributed by atoms with Crippen molar-refractivity contribution in [3.05, 3.63) is 46.0 Å². The molecular formula is C32H38F2N6O3. The molecule has 0 radical (unpaired) electrons. The molecule has 0 amide bonds. The van der Waals surface area contributed by atoms with E-state index in [9.17, 15) is 14.3 Å². The van der Waals surface area contributed by atoms with E-state index in [4.69, 9.17) is 14.7 Å². The van der Waals surface area contributed by atoms with E-state index in [0.29, 0.717) is 58.3 Å². The molecule has 4 aromatic rings. The van der Waals surface area contributed by atoms with Crippen LogP contribution in [0.25, 0.3) is 27.5 Å². The molecule has 0 aliphatic carbocycles. The first-order valence-corrected chi connectivity index (χ1v) is 15.5. The van der Waals surface area contributed by atoms with E-state index >= 15 is 4.39 Å². The minimum absolute atomic E-state index is 0.0285. The number of aromatic nitrogens is 4. The van der Waals surface area contributed by atoms with Crippen molar-refractivity contribution in [1.82, 2.24) is 24.2 Å². The van der Waals surface area contributed by atoms with Gasteiger partial charge in [0.2, 0.25) is 0 Å². The lowest BCUT2D eigenvalue weighted by atomic mass is 9.95. The highest BCUT2D eigenvalue weighted by molar-refractivity contribution is 5.96. The molecule has 3 fully saturated rings. The van der Waals surface area contributed by atoms with Crippen LogP contribution in [0.15, 0.2) is 29.1 Å². The van der Waals surface area contributed by atoms with E-state index in [2.05, 4.69) is 9.80 Å². The summed E-state index contributed by atoms with van der Waals surface area (Å²) in [6.45, 7) is 4.94. The van der Waals surface area contributed by atoms with Crippen LogP contribution in [-0.4, -0.2) is 73.8 Å². The molecule has 0 saturated carbocycles. The number of hydrogen-bond donors (Lipinski definition) is 1. The Morgan fingerprint density at radius 1 is 1.07 bits per heavy atom. The molecule has 0 spiro atoms. The zero-order valence-corrected chi connectivity index (χ0v) is 24.8. The van der Waals surface area contributed by atoms with Gasteiger partial charge in [-0.05, 0) is 61.7 Å². The van der Waals surface area contributed by atoms with E-state index in [-0.39, 0.29) is 35.3 Å². The topological polar surface area (TPSA) is 88.7 Å². The molecule has 0 bridgehead atoms. The second-order valence-corrected chi connectivity index (χ2v) is 12.4. The van der Waals surface area contributed by atoms with Crippen LogP contribution in [0.1, 0.15) is 57.4 Å². The molecule has 3 aliphatic rings. The first-order chi connectivity index (χ1) is 20.8. The smallest absolute Gasteiger partial charge is 0.320 e. The molecular weight excluding hydrogens is 554 g/mol. The Hall–Kier alpha value is -3.73. The normalized spacial score (nSPS) is 22.9. The highest BCUT2D eigenvalue weighted by atomic mass is 19.1. The van der Waals surface area contributed by atoms with Crippen molar-refractivity contribution < 1.29 is 18.6 Å². The minimum atomic E-state index is -0.871. The van der Waals surface area contributed by atoms with E-state index in [1.54, 1.807) is 23.9 Å². The molecule has 2 aromatic heterocycles. The number of phenols is 1. The van der Waals surface area contributed by atoms with Crippen molar-refractivity contribution in [1.29, 1.82) is 0 Å². The molecule has 3 saturated heterocycles. The van der Waals surface area contributed by atoms with E-state index in [1.165, 1.54) is 16.8 Å². The van der Waals surface area contributed by atoms with Gasteiger partial charge in [-0.25, -0.2) is 13.5 Å². The van der Waals surface area contributed by atoms with Crippen LogP contribution in [0.3, 0.4) is 0 Å². The number of benzene rings is 2. The van der Waals surface area contributed by atoms with Gasteiger partial charge in [0.05, 0.1) is 11.2 Å². The predicted octanol–water partition coefficient (Wildman–Crippen LogP) is 5.02. The summed E-state index contributed by atoms with van der Waals surface area (Å²) in [6.07, 6.45) is 6.02. The summed E-state index contributed by atoms with van der Waals surface area (Å²) in [5.74, 6) is 0.125. The van der Waals surface area contributed by atoms with Crippen molar-refractivity contribution in [3.8, 4) is 17.4 Å². The summed E-state index contributed by atoms with van der Waals surface area (Å²) in [5.41, 5.74) is 0.519. The maximum absolute atomic E-state index is 15.0. The Morgan fingerprint density at radius 2 is 1.86 bits per heavy atom. The lowest BCUT2D eigenvalue weighted by molar-refractivity contribution is 0.107. The quantitative estimate of drug-likeness (QED) is 0.337. The van der Waals surface area contributed by atoms with Gasteiger partial charge in [0.15, 0.2) is 11.5 Å². The fraction of sp³-hybridized carbons (Fsp3) is 0.531. The Morgan fingerprint density at radius 3 is 2.63 bits per heavy atom. The number of nitrogens with zero attached hydrogens (tertiary/aromatic N) is 6. The number of hydrogen-bond acceptors (Lipinski definition) is 7. The summed E-state index contributed by atoms with van der Waals surface area (Å²) >= 11 is 0. The van der Waals surface area contributed by atoms with Gasteiger partial charge >= 0.3 is 6.01 Å². The lowest BCUT2D eigenvalue weighted by Crippen LogP contribution is -2.43.